The lowest BCUT2D eigenvalue weighted by atomic mass is 10.1. The molecule has 0 bridgehead atoms. The van der Waals surface area contributed by atoms with Crippen molar-refractivity contribution in [2.45, 2.75) is 13.0 Å². The van der Waals surface area contributed by atoms with Crippen molar-refractivity contribution < 1.29 is 9.18 Å². The van der Waals surface area contributed by atoms with Crippen LogP contribution in [-0.2, 0) is 4.79 Å². The molecule has 1 aromatic carbocycles. The Balaban J connectivity index is 2.82. The maximum absolute atomic E-state index is 12.8. The van der Waals surface area contributed by atoms with Crippen LogP contribution in [0.5, 0.6) is 0 Å². The van der Waals surface area contributed by atoms with Gasteiger partial charge in [-0.2, -0.15) is 0 Å². The highest BCUT2D eigenvalue weighted by molar-refractivity contribution is 9.09. The van der Waals surface area contributed by atoms with Gasteiger partial charge in [0.1, 0.15) is 5.82 Å². The standard InChI is InChI=1S/C10H10BrClFNO/c1-6(14-10(15)5-11)8-3-2-7(13)4-9(8)12/h2-4,6H,5H2,1H3,(H,14,15)/t6-/m0/s1. The largest absolute Gasteiger partial charge is 0.349 e. The van der Waals surface area contributed by atoms with Crippen LogP contribution in [0.2, 0.25) is 5.02 Å². The van der Waals surface area contributed by atoms with Crippen LogP contribution in [0.3, 0.4) is 0 Å². The van der Waals surface area contributed by atoms with Crippen LogP contribution >= 0.6 is 27.5 Å². The molecule has 0 unspecified atom stereocenters. The van der Waals surface area contributed by atoms with Gasteiger partial charge in [-0.3, -0.25) is 4.79 Å². The fraction of sp³-hybridized carbons (Fsp3) is 0.300. The second-order valence-corrected chi connectivity index (χ2v) is 4.06. The zero-order chi connectivity index (χ0) is 11.4. The van der Waals surface area contributed by atoms with Crippen molar-refractivity contribution >= 4 is 33.4 Å². The predicted molar refractivity (Wildman–Crippen MR) is 61.8 cm³/mol. The van der Waals surface area contributed by atoms with E-state index in [4.69, 9.17) is 11.6 Å². The number of benzene rings is 1. The Morgan fingerprint density at radius 1 is 1.67 bits per heavy atom. The van der Waals surface area contributed by atoms with Crippen molar-refractivity contribution in [2.24, 2.45) is 0 Å². The second kappa shape index (κ2) is 5.47. The molecule has 0 saturated heterocycles. The molecule has 0 spiro atoms. The van der Waals surface area contributed by atoms with Gasteiger partial charge >= 0.3 is 0 Å². The summed E-state index contributed by atoms with van der Waals surface area (Å²) in [5.41, 5.74) is 0.701. The van der Waals surface area contributed by atoms with Gasteiger partial charge in [-0.05, 0) is 24.6 Å². The molecule has 15 heavy (non-hydrogen) atoms. The zero-order valence-electron chi connectivity index (χ0n) is 8.06. The third-order valence-corrected chi connectivity index (χ3v) is 2.76. The molecule has 5 heteroatoms. The van der Waals surface area contributed by atoms with Crippen LogP contribution in [0.25, 0.3) is 0 Å². The average molecular weight is 295 g/mol. The van der Waals surface area contributed by atoms with E-state index in [1.165, 1.54) is 12.1 Å². The SMILES string of the molecule is C[C@H](NC(=O)CBr)c1ccc(F)cc1Cl. The van der Waals surface area contributed by atoms with Gasteiger partial charge in [-0.15, -0.1) is 0 Å². The van der Waals surface area contributed by atoms with Crippen LogP contribution in [0.15, 0.2) is 18.2 Å². The first-order chi connectivity index (χ1) is 7.04. The van der Waals surface area contributed by atoms with E-state index >= 15 is 0 Å². The van der Waals surface area contributed by atoms with Gasteiger partial charge in [0, 0.05) is 5.02 Å². The number of nitrogens with one attached hydrogen (secondary N) is 1. The molecule has 0 radical (unpaired) electrons. The van der Waals surface area contributed by atoms with E-state index in [1.807, 2.05) is 0 Å². The summed E-state index contributed by atoms with van der Waals surface area (Å²) < 4.78 is 12.8. The molecule has 1 rings (SSSR count). The molecule has 0 aliphatic heterocycles. The van der Waals surface area contributed by atoms with Gasteiger partial charge in [-0.1, -0.05) is 33.6 Å². The summed E-state index contributed by atoms with van der Waals surface area (Å²) in [5, 5.41) is 3.26. The molecule has 0 saturated carbocycles. The van der Waals surface area contributed by atoms with Crippen molar-refractivity contribution in [3.63, 3.8) is 0 Å². The van der Waals surface area contributed by atoms with Gasteiger partial charge in [0.2, 0.25) is 5.91 Å². The minimum Gasteiger partial charge on any atom is -0.349 e. The summed E-state index contributed by atoms with van der Waals surface area (Å²) in [6.45, 7) is 1.79. The topological polar surface area (TPSA) is 29.1 Å². The van der Waals surface area contributed by atoms with Crippen LogP contribution in [0.1, 0.15) is 18.5 Å². The first-order valence-corrected chi connectivity index (χ1v) is 5.85. The van der Waals surface area contributed by atoms with E-state index in [1.54, 1.807) is 13.0 Å². The minimum absolute atomic E-state index is 0.136. The maximum Gasteiger partial charge on any atom is 0.231 e. The van der Waals surface area contributed by atoms with Gasteiger partial charge in [-0.25, -0.2) is 4.39 Å². The normalized spacial score (nSPS) is 12.3. The van der Waals surface area contributed by atoms with Crippen LogP contribution in [0.4, 0.5) is 4.39 Å². The van der Waals surface area contributed by atoms with Crippen LogP contribution < -0.4 is 5.32 Å². The van der Waals surface area contributed by atoms with E-state index in [0.29, 0.717) is 10.6 Å². The Labute approximate surface area is 101 Å². The number of alkyl halides is 1. The lowest BCUT2D eigenvalue weighted by molar-refractivity contribution is -0.119. The summed E-state index contributed by atoms with van der Waals surface area (Å²) in [5.74, 6) is -0.523. The average Bonchev–Trinajstić information content (AvgIpc) is 2.17. The molecule has 0 aliphatic carbocycles. The molecule has 1 aromatic rings. The molecule has 0 aromatic heterocycles. The Hall–Kier alpha value is -0.610. The lowest BCUT2D eigenvalue weighted by Gasteiger charge is -2.14. The number of rotatable bonds is 3. The number of hydrogen-bond donors (Lipinski definition) is 1. The maximum atomic E-state index is 12.8. The van der Waals surface area contributed by atoms with Gasteiger partial charge in [0.15, 0.2) is 0 Å². The summed E-state index contributed by atoms with van der Waals surface area (Å²) in [7, 11) is 0. The summed E-state index contributed by atoms with van der Waals surface area (Å²) >= 11 is 8.89. The van der Waals surface area contributed by atoms with Crippen molar-refractivity contribution in [1.82, 2.24) is 5.32 Å². The smallest absolute Gasteiger partial charge is 0.231 e. The first kappa shape index (κ1) is 12.5. The summed E-state index contributed by atoms with van der Waals surface area (Å²) in [6.07, 6.45) is 0. The first-order valence-electron chi connectivity index (χ1n) is 4.35. The van der Waals surface area contributed by atoms with E-state index < -0.39 is 0 Å². The Morgan fingerprint density at radius 2 is 2.33 bits per heavy atom. The van der Waals surface area contributed by atoms with Crippen molar-refractivity contribution in [3.8, 4) is 0 Å². The Morgan fingerprint density at radius 3 is 2.87 bits per heavy atom. The molecule has 1 atom stereocenters. The molecule has 1 amide bonds. The molecule has 0 heterocycles. The van der Waals surface area contributed by atoms with E-state index in [2.05, 4.69) is 21.2 Å². The number of hydrogen-bond acceptors (Lipinski definition) is 1. The molecular formula is C10H10BrClFNO. The summed E-state index contributed by atoms with van der Waals surface area (Å²) in [6, 6.07) is 3.88. The third-order valence-electron chi connectivity index (χ3n) is 1.93. The summed E-state index contributed by atoms with van der Waals surface area (Å²) in [4.78, 5) is 11.1. The number of amides is 1. The number of halogens is 3. The van der Waals surface area contributed by atoms with Crippen LogP contribution in [0, 0.1) is 5.82 Å². The fourth-order valence-electron chi connectivity index (χ4n) is 1.21. The monoisotopic (exact) mass is 293 g/mol. The molecule has 1 N–H and O–H groups in total. The van der Waals surface area contributed by atoms with Crippen molar-refractivity contribution in [2.75, 3.05) is 5.33 Å². The second-order valence-electron chi connectivity index (χ2n) is 3.09. The Kier molecular flexibility index (Phi) is 4.54. The molecule has 0 fully saturated rings. The molecule has 82 valence electrons. The highest BCUT2D eigenvalue weighted by Crippen LogP contribution is 2.23. The number of carbonyl (C=O) groups excluding carboxylic acids is 1. The number of carbonyl (C=O) groups is 1. The predicted octanol–water partition coefficient (Wildman–Crippen LogP) is 3.05. The van der Waals surface area contributed by atoms with Gasteiger partial charge in [0.05, 0.1) is 11.4 Å². The highest BCUT2D eigenvalue weighted by Gasteiger charge is 2.12. The van der Waals surface area contributed by atoms with E-state index in [-0.39, 0.29) is 23.1 Å². The van der Waals surface area contributed by atoms with Crippen molar-refractivity contribution in [1.29, 1.82) is 0 Å². The highest BCUT2D eigenvalue weighted by atomic mass is 79.9. The quantitative estimate of drug-likeness (QED) is 0.853. The van der Waals surface area contributed by atoms with E-state index in [0.717, 1.165) is 0 Å². The molecule has 0 aliphatic rings. The minimum atomic E-state index is -0.386. The third kappa shape index (κ3) is 3.47. The van der Waals surface area contributed by atoms with Crippen molar-refractivity contribution in [3.05, 3.63) is 34.6 Å². The van der Waals surface area contributed by atoms with E-state index in [9.17, 15) is 9.18 Å². The fourth-order valence-corrected chi connectivity index (χ4v) is 1.70. The lowest BCUT2D eigenvalue weighted by Crippen LogP contribution is -2.27. The van der Waals surface area contributed by atoms with Gasteiger partial charge in [0.25, 0.3) is 0 Å². The van der Waals surface area contributed by atoms with Crippen LogP contribution in [-0.4, -0.2) is 11.2 Å². The molecule has 2 nitrogen and oxygen atoms in total. The zero-order valence-corrected chi connectivity index (χ0v) is 10.4. The Bertz CT molecular complexity index is 372. The molecular weight excluding hydrogens is 284 g/mol. The van der Waals surface area contributed by atoms with Gasteiger partial charge < -0.3 is 5.32 Å².